The molecule has 0 spiro atoms. The van der Waals surface area contributed by atoms with Gasteiger partial charge in [-0.2, -0.15) is 0 Å². The van der Waals surface area contributed by atoms with Crippen LogP contribution in [0.4, 0.5) is 0 Å². The van der Waals surface area contributed by atoms with Crippen LogP contribution in [0.1, 0.15) is 31.0 Å². The zero-order valence-electron chi connectivity index (χ0n) is 10.2. The van der Waals surface area contributed by atoms with Crippen LogP contribution in [0.25, 0.3) is 0 Å². The number of benzene rings is 1. The highest BCUT2D eigenvalue weighted by atomic mass is 35.5. The molecule has 0 bridgehead atoms. The van der Waals surface area contributed by atoms with Crippen molar-refractivity contribution in [3.05, 3.63) is 35.4 Å². The summed E-state index contributed by atoms with van der Waals surface area (Å²) in [5, 5.41) is -0.474. The van der Waals surface area contributed by atoms with Gasteiger partial charge in [0.25, 0.3) is 0 Å². The molecule has 0 aliphatic heterocycles. The standard InChI is InChI=1S/C13H18ClNO/c1-9-5-7-12(8-6-9)11(3)15(4)13(16)10(2)14/h5-8,10-11H,1-4H3. The molecule has 88 valence electrons. The maximum atomic E-state index is 11.7. The Hall–Kier alpha value is -1.02. The molecule has 2 nitrogen and oxygen atoms in total. The number of aryl methyl sites for hydroxylation is 1. The molecule has 3 heteroatoms. The summed E-state index contributed by atoms with van der Waals surface area (Å²) in [5.41, 5.74) is 2.34. The van der Waals surface area contributed by atoms with Crippen LogP contribution in [0, 0.1) is 6.92 Å². The molecule has 0 saturated heterocycles. The topological polar surface area (TPSA) is 20.3 Å². The third-order valence-electron chi connectivity index (χ3n) is 2.83. The molecule has 2 unspecified atom stereocenters. The van der Waals surface area contributed by atoms with E-state index in [1.54, 1.807) is 18.9 Å². The zero-order chi connectivity index (χ0) is 12.3. The van der Waals surface area contributed by atoms with E-state index in [4.69, 9.17) is 11.6 Å². The van der Waals surface area contributed by atoms with Crippen molar-refractivity contribution in [1.29, 1.82) is 0 Å². The van der Waals surface area contributed by atoms with E-state index in [2.05, 4.69) is 0 Å². The van der Waals surface area contributed by atoms with Gasteiger partial charge in [0, 0.05) is 7.05 Å². The molecular formula is C13H18ClNO. The Morgan fingerprint density at radius 1 is 1.25 bits per heavy atom. The van der Waals surface area contributed by atoms with Gasteiger partial charge >= 0.3 is 0 Å². The predicted molar refractivity (Wildman–Crippen MR) is 67.7 cm³/mol. The molecule has 0 radical (unpaired) electrons. The highest BCUT2D eigenvalue weighted by Crippen LogP contribution is 2.20. The first-order chi connectivity index (χ1) is 7.43. The molecule has 0 N–H and O–H groups in total. The molecule has 0 aliphatic carbocycles. The molecule has 16 heavy (non-hydrogen) atoms. The van der Waals surface area contributed by atoms with Crippen LogP contribution < -0.4 is 0 Å². The molecule has 0 saturated carbocycles. The van der Waals surface area contributed by atoms with Gasteiger partial charge in [-0.3, -0.25) is 4.79 Å². The Balaban J connectivity index is 2.81. The van der Waals surface area contributed by atoms with E-state index in [1.165, 1.54) is 5.56 Å². The Morgan fingerprint density at radius 2 is 1.75 bits per heavy atom. The van der Waals surface area contributed by atoms with E-state index in [0.717, 1.165) is 5.56 Å². The largest absolute Gasteiger partial charge is 0.338 e. The predicted octanol–water partition coefficient (Wildman–Crippen LogP) is 3.14. The van der Waals surface area contributed by atoms with Crippen LogP contribution in [0.2, 0.25) is 0 Å². The molecule has 2 atom stereocenters. The Morgan fingerprint density at radius 3 is 2.19 bits per heavy atom. The van der Waals surface area contributed by atoms with E-state index in [1.807, 2.05) is 38.1 Å². The van der Waals surface area contributed by atoms with Crippen molar-refractivity contribution >= 4 is 17.5 Å². The lowest BCUT2D eigenvalue weighted by Gasteiger charge is -2.26. The second kappa shape index (κ2) is 5.35. The first-order valence-electron chi connectivity index (χ1n) is 5.40. The minimum absolute atomic E-state index is 0.0465. The lowest BCUT2D eigenvalue weighted by Crippen LogP contribution is -2.34. The van der Waals surface area contributed by atoms with Crippen LogP contribution in [0.15, 0.2) is 24.3 Å². The first-order valence-corrected chi connectivity index (χ1v) is 5.84. The molecule has 0 fully saturated rings. The number of amides is 1. The van der Waals surface area contributed by atoms with E-state index < -0.39 is 5.38 Å². The van der Waals surface area contributed by atoms with Crippen molar-refractivity contribution in [3.8, 4) is 0 Å². The number of hydrogen-bond donors (Lipinski definition) is 0. The first kappa shape index (κ1) is 13.0. The van der Waals surface area contributed by atoms with Crippen molar-refractivity contribution in [2.24, 2.45) is 0 Å². The number of rotatable bonds is 3. The quantitative estimate of drug-likeness (QED) is 0.743. The SMILES string of the molecule is Cc1ccc(C(C)N(C)C(=O)C(C)Cl)cc1. The molecule has 1 rings (SSSR count). The van der Waals surface area contributed by atoms with Crippen LogP contribution in [-0.2, 0) is 4.79 Å². The van der Waals surface area contributed by atoms with E-state index >= 15 is 0 Å². The number of hydrogen-bond acceptors (Lipinski definition) is 1. The Bertz CT molecular complexity index is 359. The molecule has 0 aliphatic rings. The van der Waals surface area contributed by atoms with Crippen molar-refractivity contribution < 1.29 is 4.79 Å². The summed E-state index contributed by atoms with van der Waals surface area (Å²) in [4.78, 5) is 13.4. The minimum Gasteiger partial charge on any atom is -0.338 e. The summed E-state index contributed by atoms with van der Waals surface area (Å²) in [7, 11) is 1.78. The maximum Gasteiger partial charge on any atom is 0.240 e. The molecule has 1 aromatic rings. The van der Waals surface area contributed by atoms with Crippen LogP contribution >= 0.6 is 11.6 Å². The third kappa shape index (κ3) is 2.99. The van der Waals surface area contributed by atoms with Gasteiger partial charge < -0.3 is 4.90 Å². The Kier molecular flexibility index (Phi) is 4.36. The highest BCUT2D eigenvalue weighted by molar-refractivity contribution is 6.30. The van der Waals surface area contributed by atoms with E-state index in [-0.39, 0.29) is 11.9 Å². The lowest BCUT2D eigenvalue weighted by atomic mass is 10.1. The van der Waals surface area contributed by atoms with Gasteiger partial charge in [-0.1, -0.05) is 29.8 Å². The van der Waals surface area contributed by atoms with Gasteiger partial charge in [0.05, 0.1) is 6.04 Å². The number of carbonyl (C=O) groups is 1. The summed E-state index contributed by atoms with van der Waals surface area (Å²) < 4.78 is 0. The molecular weight excluding hydrogens is 222 g/mol. The monoisotopic (exact) mass is 239 g/mol. The van der Waals surface area contributed by atoms with E-state index in [9.17, 15) is 4.79 Å². The van der Waals surface area contributed by atoms with Crippen LogP contribution in [0.3, 0.4) is 0 Å². The number of alkyl halides is 1. The van der Waals surface area contributed by atoms with Crippen LogP contribution in [-0.4, -0.2) is 23.2 Å². The summed E-state index contributed by atoms with van der Waals surface area (Å²) in [5.74, 6) is -0.0465. The maximum absolute atomic E-state index is 11.7. The average molecular weight is 240 g/mol. The summed E-state index contributed by atoms with van der Waals surface area (Å²) in [6, 6.07) is 8.24. The van der Waals surface area contributed by atoms with Crippen molar-refractivity contribution in [3.63, 3.8) is 0 Å². The van der Waals surface area contributed by atoms with Gasteiger partial charge in [-0.25, -0.2) is 0 Å². The fourth-order valence-corrected chi connectivity index (χ4v) is 1.69. The highest BCUT2D eigenvalue weighted by Gasteiger charge is 2.20. The number of carbonyl (C=O) groups excluding carboxylic acids is 1. The second-order valence-electron chi connectivity index (χ2n) is 4.15. The van der Waals surface area contributed by atoms with Crippen molar-refractivity contribution in [2.45, 2.75) is 32.2 Å². The second-order valence-corrected chi connectivity index (χ2v) is 4.81. The summed E-state index contributed by atoms with van der Waals surface area (Å²) >= 11 is 5.79. The van der Waals surface area contributed by atoms with Crippen LogP contribution in [0.5, 0.6) is 0 Å². The van der Waals surface area contributed by atoms with Gasteiger partial charge in [-0.15, -0.1) is 11.6 Å². The Labute approximate surface area is 102 Å². The number of halogens is 1. The third-order valence-corrected chi connectivity index (χ3v) is 3.02. The molecule has 1 aromatic carbocycles. The molecule has 0 heterocycles. The van der Waals surface area contributed by atoms with Gasteiger partial charge in [0.1, 0.15) is 5.38 Å². The van der Waals surface area contributed by atoms with Crippen molar-refractivity contribution in [2.75, 3.05) is 7.05 Å². The van der Waals surface area contributed by atoms with Crippen molar-refractivity contribution in [1.82, 2.24) is 4.90 Å². The van der Waals surface area contributed by atoms with Gasteiger partial charge in [0.15, 0.2) is 0 Å². The molecule has 1 amide bonds. The van der Waals surface area contributed by atoms with Gasteiger partial charge in [0.2, 0.25) is 5.91 Å². The fourth-order valence-electron chi connectivity index (χ4n) is 1.54. The minimum atomic E-state index is -0.474. The fraction of sp³-hybridized carbons (Fsp3) is 0.462. The summed E-state index contributed by atoms with van der Waals surface area (Å²) in [6.45, 7) is 5.74. The summed E-state index contributed by atoms with van der Waals surface area (Å²) in [6.07, 6.45) is 0. The smallest absolute Gasteiger partial charge is 0.240 e. The average Bonchev–Trinajstić information content (AvgIpc) is 2.27. The zero-order valence-corrected chi connectivity index (χ0v) is 11.0. The normalized spacial score (nSPS) is 14.3. The number of nitrogens with zero attached hydrogens (tertiary/aromatic N) is 1. The molecule has 0 aromatic heterocycles. The van der Waals surface area contributed by atoms with E-state index in [0.29, 0.717) is 0 Å². The lowest BCUT2D eigenvalue weighted by molar-refractivity contribution is -0.131. The van der Waals surface area contributed by atoms with Gasteiger partial charge in [-0.05, 0) is 26.3 Å².